The molecule has 3 aromatic carbocycles. The fourth-order valence-electron chi connectivity index (χ4n) is 4.31. The van der Waals surface area contributed by atoms with Gasteiger partial charge in [-0.15, -0.1) is 0 Å². The van der Waals surface area contributed by atoms with E-state index in [1.807, 2.05) is 0 Å². The number of H-pyrrole nitrogens is 1. The Morgan fingerprint density at radius 1 is 1.00 bits per heavy atom. The molecule has 4 N–H and O–H groups in total. The highest BCUT2D eigenvalue weighted by Gasteiger charge is 2.48. The molecule has 1 unspecified atom stereocenters. The van der Waals surface area contributed by atoms with Gasteiger partial charge in [-0.05, 0) is 48.0 Å². The molecule has 1 aliphatic rings. The molecule has 1 saturated heterocycles. The van der Waals surface area contributed by atoms with E-state index in [1.165, 1.54) is 61.7 Å². The Hall–Kier alpha value is -4.54. The Labute approximate surface area is 224 Å². The first-order valence-electron chi connectivity index (χ1n) is 11.0. The van der Waals surface area contributed by atoms with Gasteiger partial charge in [-0.2, -0.15) is 0 Å². The maximum absolute atomic E-state index is 13.3. The van der Waals surface area contributed by atoms with E-state index in [1.54, 1.807) is 0 Å². The maximum Gasteiger partial charge on any atom is 0.335 e. The average Bonchev–Trinajstić information content (AvgIpc) is 3.41. The molecule has 12 heteroatoms. The molecule has 2 heterocycles. The summed E-state index contributed by atoms with van der Waals surface area (Å²) in [7, 11) is 1.37. The van der Waals surface area contributed by atoms with Crippen molar-refractivity contribution < 1.29 is 34.4 Å². The van der Waals surface area contributed by atoms with E-state index in [0.717, 1.165) is 4.90 Å². The van der Waals surface area contributed by atoms with Crippen LogP contribution < -0.4 is 9.64 Å². The summed E-state index contributed by atoms with van der Waals surface area (Å²) in [6.45, 7) is 0. The quantitative estimate of drug-likeness (QED) is 0.154. The number of aromatic nitrogens is 2. The third kappa shape index (κ3) is 4.09. The van der Waals surface area contributed by atoms with Gasteiger partial charge >= 0.3 is 11.9 Å². The number of hydrogen-bond acceptors (Lipinski definition) is 7. The summed E-state index contributed by atoms with van der Waals surface area (Å²) in [5, 5.41) is 30.5. The highest BCUT2D eigenvalue weighted by molar-refractivity contribution is 6.51. The first kappa shape index (κ1) is 25.1. The van der Waals surface area contributed by atoms with Crippen LogP contribution in [-0.4, -0.2) is 50.1 Å². The van der Waals surface area contributed by atoms with Gasteiger partial charge in [-0.1, -0.05) is 35.3 Å². The predicted octanol–water partition coefficient (Wildman–Crippen LogP) is 4.91. The summed E-state index contributed by atoms with van der Waals surface area (Å²) in [4.78, 5) is 46.4. The number of nitrogens with one attached hydrogen (secondary N) is 1. The summed E-state index contributed by atoms with van der Waals surface area (Å²) in [6.07, 6.45) is 0. The van der Waals surface area contributed by atoms with Gasteiger partial charge < -0.3 is 25.0 Å². The Balaban J connectivity index is 1.72. The molecular formula is C26H17Cl2N3O7. The number of phenols is 1. The summed E-state index contributed by atoms with van der Waals surface area (Å²) < 4.78 is 5.14. The van der Waals surface area contributed by atoms with Crippen molar-refractivity contribution in [2.45, 2.75) is 6.04 Å². The van der Waals surface area contributed by atoms with Crippen LogP contribution in [0.2, 0.25) is 10.0 Å². The Morgan fingerprint density at radius 3 is 2.26 bits per heavy atom. The van der Waals surface area contributed by atoms with Crippen molar-refractivity contribution in [2.24, 2.45) is 0 Å². The molecule has 4 aromatic rings. The van der Waals surface area contributed by atoms with Gasteiger partial charge in [-0.25, -0.2) is 9.78 Å². The lowest BCUT2D eigenvalue weighted by molar-refractivity contribution is -0.132. The van der Waals surface area contributed by atoms with Gasteiger partial charge in [0.1, 0.15) is 11.5 Å². The number of amides is 1. The molecule has 10 nitrogen and oxygen atoms in total. The minimum Gasteiger partial charge on any atom is -0.508 e. The summed E-state index contributed by atoms with van der Waals surface area (Å²) in [5.41, 5.74) is 0.840. The summed E-state index contributed by atoms with van der Waals surface area (Å²) in [6, 6.07) is 11.4. The number of ketones is 1. The summed E-state index contributed by atoms with van der Waals surface area (Å²) in [5.74, 6) is -3.62. The number of aliphatic hydroxyl groups excluding tert-OH is 1. The first-order chi connectivity index (χ1) is 18.1. The number of Topliss-reactive ketones (excluding diaryl/α,β-unsaturated/α-hetero) is 1. The minimum atomic E-state index is -1.17. The standard InChI is InChI=1S/C26H17Cl2N3O7/c1-38-23-15(27)8-13(9-16(23)28)21(33)19-20(11-2-5-14(32)6-3-11)31(24(35)22(19)34)26-29-17-7-4-12(25(36)37)10-18(17)30-26/h2-10,20,32-33H,1H3,(H,29,30)(H,36,37)/b21-19+. The number of carboxylic acids is 1. The predicted molar refractivity (Wildman–Crippen MR) is 139 cm³/mol. The highest BCUT2D eigenvalue weighted by Crippen LogP contribution is 2.43. The smallest absolute Gasteiger partial charge is 0.335 e. The van der Waals surface area contributed by atoms with Gasteiger partial charge in [0.15, 0.2) is 5.75 Å². The van der Waals surface area contributed by atoms with Crippen LogP contribution in [0.4, 0.5) is 5.95 Å². The Morgan fingerprint density at radius 2 is 1.66 bits per heavy atom. The van der Waals surface area contributed by atoms with Crippen LogP contribution in [0.5, 0.6) is 11.5 Å². The van der Waals surface area contributed by atoms with Crippen molar-refractivity contribution in [1.29, 1.82) is 0 Å². The van der Waals surface area contributed by atoms with Crippen molar-refractivity contribution in [3.63, 3.8) is 0 Å². The second-order valence-electron chi connectivity index (χ2n) is 8.33. The number of nitrogens with zero attached hydrogens (tertiary/aromatic N) is 2. The van der Waals surface area contributed by atoms with Gasteiger partial charge in [0.05, 0.1) is 45.4 Å². The van der Waals surface area contributed by atoms with Crippen LogP contribution in [-0.2, 0) is 9.59 Å². The van der Waals surface area contributed by atoms with E-state index in [-0.39, 0.29) is 44.2 Å². The number of aromatic amines is 1. The van der Waals surface area contributed by atoms with Crippen molar-refractivity contribution >= 4 is 63.6 Å². The lowest BCUT2D eigenvalue weighted by Gasteiger charge is -2.23. The largest absolute Gasteiger partial charge is 0.508 e. The zero-order valence-electron chi connectivity index (χ0n) is 19.4. The van der Waals surface area contributed by atoms with Gasteiger partial charge in [0.25, 0.3) is 5.78 Å². The fraction of sp³-hybridized carbons (Fsp3) is 0.0769. The number of benzene rings is 3. The van der Waals surface area contributed by atoms with E-state index in [2.05, 4.69) is 9.97 Å². The van der Waals surface area contributed by atoms with E-state index in [9.17, 15) is 29.7 Å². The number of hydrogen-bond donors (Lipinski definition) is 4. The van der Waals surface area contributed by atoms with Crippen LogP contribution >= 0.6 is 23.2 Å². The number of anilines is 1. The van der Waals surface area contributed by atoms with Crippen LogP contribution in [0, 0.1) is 0 Å². The van der Waals surface area contributed by atoms with Crippen molar-refractivity contribution in [2.75, 3.05) is 12.0 Å². The number of halogens is 2. The summed E-state index contributed by atoms with van der Waals surface area (Å²) >= 11 is 12.5. The van der Waals surface area contributed by atoms with Crippen molar-refractivity contribution in [3.05, 3.63) is 86.9 Å². The third-order valence-electron chi connectivity index (χ3n) is 6.07. The molecule has 0 bridgehead atoms. The van der Waals surface area contributed by atoms with E-state index < -0.39 is 29.5 Å². The van der Waals surface area contributed by atoms with Crippen molar-refractivity contribution in [1.82, 2.24) is 9.97 Å². The van der Waals surface area contributed by atoms with Crippen LogP contribution in [0.25, 0.3) is 16.8 Å². The maximum atomic E-state index is 13.3. The second kappa shape index (κ2) is 9.40. The van der Waals surface area contributed by atoms with E-state index in [0.29, 0.717) is 16.6 Å². The lowest BCUT2D eigenvalue weighted by Crippen LogP contribution is -2.30. The average molecular weight is 554 g/mol. The van der Waals surface area contributed by atoms with Crippen LogP contribution in [0.15, 0.2) is 60.2 Å². The number of aromatic hydroxyl groups is 1. The number of carboxylic acid groups (broad SMARTS) is 1. The molecular weight excluding hydrogens is 537 g/mol. The first-order valence-corrected chi connectivity index (χ1v) is 11.7. The highest BCUT2D eigenvalue weighted by atomic mass is 35.5. The van der Waals surface area contributed by atoms with Crippen molar-refractivity contribution in [3.8, 4) is 11.5 Å². The number of phenolic OH excluding ortho intramolecular Hbond substituents is 1. The normalized spacial score (nSPS) is 16.8. The number of aliphatic hydroxyl groups is 1. The molecule has 0 radical (unpaired) electrons. The topological polar surface area (TPSA) is 153 Å². The molecule has 0 spiro atoms. The third-order valence-corrected chi connectivity index (χ3v) is 6.64. The van der Waals surface area contributed by atoms with E-state index >= 15 is 0 Å². The van der Waals surface area contributed by atoms with E-state index in [4.69, 9.17) is 27.9 Å². The molecule has 1 aromatic heterocycles. The number of imidazole rings is 1. The second-order valence-corrected chi connectivity index (χ2v) is 9.15. The number of carbonyl (C=O) groups excluding carboxylic acids is 2. The molecule has 0 saturated carbocycles. The van der Waals surface area contributed by atoms with Gasteiger partial charge in [0, 0.05) is 5.56 Å². The molecule has 0 aliphatic carbocycles. The zero-order valence-corrected chi connectivity index (χ0v) is 20.9. The molecule has 5 rings (SSSR count). The molecule has 38 heavy (non-hydrogen) atoms. The molecule has 192 valence electrons. The molecule has 1 fully saturated rings. The number of ether oxygens (including phenoxy) is 1. The van der Waals surface area contributed by atoms with Crippen LogP contribution in [0.1, 0.15) is 27.5 Å². The number of methoxy groups -OCH3 is 1. The number of fused-ring (bicyclic) bond motifs is 1. The van der Waals surface area contributed by atoms with Gasteiger partial charge in [0.2, 0.25) is 5.95 Å². The lowest BCUT2D eigenvalue weighted by atomic mass is 9.95. The molecule has 1 amide bonds. The monoisotopic (exact) mass is 553 g/mol. The number of aromatic carboxylic acids is 1. The fourth-order valence-corrected chi connectivity index (χ4v) is 4.95. The Bertz CT molecular complexity index is 1660. The number of rotatable bonds is 5. The minimum absolute atomic E-state index is 0.00176. The molecule has 1 aliphatic heterocycles. The zero-order chi connectivity index (χ0) is 27.3. The van der Waals surface area contributed by atoms with Gasteiger partial charge in [-0.3, -0.25) is 14.5 Å². The molecule has 1 atom stereocenters. The van der Waals surface area contributed by atoms with Crippen LogP contribution in [0.3, 0.4) is 0 Å². The Kier molecular flexibility index (Phi) is 6.22. The SMILES string of the molecule is COc1c(Cl)cc(/C(O)=C2\C(=O)C(=O)N(c3nc4ccc(C(=O)O)cc4[nH]3)C2c2ccc(O)cc2)cc1Cl. The number of carbonyl (C=O) groups is 3.